The van der Waals surface area contributed by atoms with Crippen molar-refractivity contribution in [2.45, 2.75) is 12.5 Å². The molecule has 0 aliphatic rings. The smallest absolute Gasteiger partial charge is 0.253 e. The molecule has 1 aromatic heterocycles. The fourth-order valence-electron chi connectivity index (χ4n) is 3.13. The first kappa shape index (κ1) is 22.9. The van der Waals surface area contributed by atoms with Crippen molar-refractivity contribution in [3.63, 3.8) is 0 Å². The number of hydrogen-bond acceptors (Lipinski definition) is 5. The number of rotatable bonds is 7. The van der Waals surface area contributed by atoms with Crippen molar-refractivity contribution in [1.82, 2.24) is 15.5 Å². The molecule has 0 aliphatic heterocycles. The van der Waals surface area contributed by atoms with Crippen LogP contribution in [-0.2, 0) is 11.2 Å². The van der Waals surface area contributed by atoms with Gasteiger partial charge in [0.2, 0.25) is 11.0 Å². The van der Waals surface area contributed by atoms with E-state index in [1.165, 1.54) is 23.5 Å². The highest BCUT2D eigenvalue weighted by Gasteiger charge is 2.24. The Morgan fingerprint density at radius 2 is 1.61 bits per heavy atom. The third-order valence-electron chi connectivity index (χ3n) is 4.76. The first-order chi connectivity index (χ1) is 16.0. The van der Waals surface area contributed by atoms with Gasteiger partial charge in [0.15, 0.2) is 0 Å². The van der Waals surface area contributed by atoms with Crippen molar-refractivity contribution in [2.24, 2.45) is 0 Å². The topological polar surface area (TPSA) is 84.0 Å². The maximum Gasteiger partial charge on any atom is 0.253 e. The lowest BCUT2D eigenvalue weighted by Gasteiger charge is -2.18. The van der Waals surface area contributed by atoms with E-state index in [1.54, 1.807) is 6.07 Å². The SMILES string of the molecule is O=C(N[C@H](Cc1ccccc1)C(=O)Nc1nnc(-c2ccccc2)s1)c1ccc(Cl)cc1Cl. The first-order valence-corrected chi connectivity index (χ1v) is 11.6. The number of halogens is 2. The van der Waals surface area contributed by atoms with Crippen molar-refractivity contribution in [3.8, 4) is 10.6 Å². The highest BCUT2D eigenvalue weighted by molar-refractivity contribution is 7.18. The van der Waals surface area contributed by atoms with Crippen LogP contribution in [0.4, 0.5) is 5.13 Å². The lowest BCUT2D eigenvalue weighted by atomic mass is 10.0. The summed E-state index contributed by atoms with van der Waals surface area (Å²) in [6.07, 6.45) is 0.286. The molecule has 4 rings (SSSR count). The van der Waals surface area contributed by atoms with Gasteiger partial charge in [-0.2, -0.15) is 0 Å². The van der Waals surface area contributed by atoms with E-state index in [0.717, 1.165) is 11.1 Å². The Hall–Kier alpha value is -3.26. The fourth-order valence-corrected chi connectivity index (χ4v) is 4.38. The zero-order valence-corrected chi connectivity index (χ0v) is 19.5. The van der Waals surface area contributed by atoms with Crippen LogP contribution in [0.2, 0.25) is 10.0 Å². The molecule has 0 bridgehead atoms. The maximum absolute atomic E-state index is 13.1. The number of carbonyl (C=O) groups is 2. The normalized spacial score (nSPS) is 11.6. The average Bonchev–Trinajstić information content (AvgIpc) is 3.28. The van der Waals surface area contributed by atoms with Crippen LogP contribution in [0.15, 0.2) is 78.9 Å². The van der Waals surface area contributed by atoms with Crippen molar-refractivity contribution in [3.05, 3.63) is 100 Å². The van der Waals surface area contributed by atoms with Gasteiger partial charge in [-0.15, -0.1) is 10.2 Å². The number of aromatic nitrogens is 2. The Morgan fingerprint density at radius 3 is 2.30 bits per heavy atom. The van der Waals surface area contributed by atoms with Gasteiger partial charge in [0.05, 0.1) is 10.6 Å². The van der Waals surface area contributed by atoms with Crippen LogP contribution >= 0.6 is 34.5 Å². The lowest BCUT2D eigenvalue weighted by Crippen LogP contribution is -2.45. The van der Waals surface area contributed by atoms with Crippen LogP contribution in [0.5, 0.6) is 0 Å². The van der Waals surface area contributed by atoms with E-state index in [2.05, 4.69) is 20.8 Å². The number of anilines is 1. The molecule has 166 valence electrons. The zero-order chi connectivity index (χ0) is 23.2. The average molecular weight is 497 g/mol. The van der Waals surface area contributed by atoms with Crippen molar-refractivity contribution in [1.29, 1.82) is 0 Å². The highest BCUT2D eigenvalue weighted by Crippen LogP contribution is 2.26. The van der Waals surface area contributed by atoms with E-state index < -0.39 is 17.9 Å². The van der Waals surface area contributed by atoms with Crippen LogP contribution in [0.25, 0.3) is 10.6 Å². The van der Waals surface area contributed by atoms with Gasteiger partial charge >= 0.3 is 0 Å². The van der Waals surface area contributed by atoms with Gasteiger partial charge in [-0.25, -0.2) is 0 Å². The molecule has 4 aromatic rings. The Labute approximate surface area is 204 Å². The van der Waals surface area contributed by atoms with Crippen LogP contribution in [0, 0.1) is 0 Å². The van der Waals surface area contributed by atoms with Gasteiger partial charge in [-0.3, -0.25) is 14.9 Å². The molecule has 0 saturated carbocycles. The van der Waals surface area contributed by atoms with Gasteiger partial charge < -0.3 is 5.32 Å². The monoisotopic (exact) mass is 496 g/mol. The third-order valence-corrected chi connectivity index (χ3v) is 6.19. The summed E-state index contributed by atoms with van der Waals surface area (Å²) >= 11 is 13.4. The second-order valence-electron chi connectivity index (χ2n) is 7.11. The molecule has 0 aliphatic carbocycles. The Morgan fingerprint density at radius 1 is 0.909 bits per heavy atom. The number of amides is 2. The molecule has 0 spiro atoms. The molecular formula is C24H18Cl2N4O2S. The predicted molar refractivity (Wildman–Crippen MR) is 132 cm³/mol. The highest BCUT2D eigenvalue weighted by atomic mass is 35.5. The molecule has 9 heteroatoms. The number of nitrogens with one attached hydrogen (secondary N) is 2. The van der Waals surface area contributed by atoms with Crippen LogP contribution in [0.1, 0.15) is 15.9 Å². The second kappa shape index (κ2) is 10.6. The summed E-state index contributed by atoms with van der Waals surface area (Å²) in [6, 6.07) is 22.7. The molecule has 0 unspecified atom stereocenters. The van der Waals surface area contributed by atoms with Crippen molar-refractivity contribution < 1.29 is 9.59 Å². The number of carbonyl (C=O) groups excluding carboxylic acids is 2. The van der Waals surface area contributed by atoms with Gasteiger partial charge in [0.1, 0.15) is 11.0 Å². The van der Waals surface area contributed by atoms with Gasteiger partial charge in [0, 0.05) is 17.0 Å². The first-order valence-electron chi connectivity index (χ1n) is 9.99. The molecule has 0 radical (unpaired) electrons. The summed E-state index contributed by atoms with van der Waals surface area (Å²) in [6.45, 7) is 0. The van der Waals surface area contributed by atoms with E-state index >= 15 is 0 Å². The third kappa shape index (κ3) is 5.96. The molecule has 2 amide bonds. The Kier molecular flexibility index (Phi) is 7.34. The van der Waals surface area contributed by atoms with E-state index in [0.29, 0.717) is 15.2 Å². The summed E-state index contributed by atoms with van der Waals surface area (Å²) < 4.78 is 0. The maximum atomic E-state index is 13.1. The minimum atomic E-state index is -0.865. The van der Waals surface area contributed by atoms with E-state index in [9.17, 15) is 9.59 Å². The minimum Gasteiger partial charge on any atom is -0.340 e. The second-order valence-corrected chi connectivity index (χ2v) is 8.93. The molecule has 0 fully saturated rings. The van der Waals surface area contributed by atoms with Gasteiger partial charge in [-0.05, 0) is 23.8 Å². The lowest BCUT2D eigenvalue weighted by molar-refractivity contribution is -0.118. The standard InChI is InChI=1S/C24H18Cl2N4O2S/c25-17-11-12-18(19(26)14-17)21(31)27-20(13-15-7-3-1-4-8-15)22(32)28-24-30-29-23(33-24)16-9-5-2-6-10-16/h1-12,14,20H,13H2,(H,27,31)(H,28,30,32)/t20-/m1/s1. The molecule has 3 aromatic carbocycles. The Bertz CT molecular complexity index is 1270. The van der Waals surface area contributed by atoms with E-state index in [1.807, 2.05) is 60.7 Å². The van der Waals surface area contributed by atoms with Crippen LogP contribution < -0.4 is 10.6 Å². The van der Waals surface area contributed by atoms with Crippen molar-refractivity contribution in [2.75, 3.05) is 5.32 Å². The molecule has 0 saturated heterocycles. The Balaban J connectivity index is 1.53. The largest absolute Gasteiger partial charge is 0.340 e. The minimum absolute atomic E-state index is 0.204. The van der Waals surface area contributed by atoms with E-state index in [4.69, 9.17) is 23.2 Å². The molecule has 33 heavy (non-hydrogen) atoms. The van der Waals surface area contributed by atoms with Crippen LogP contribution in [0.3, 0.4) is 0 Å². The fraction of sp³-hybridized carbons (Fsp3) is 0.0833. The summed E-state index contributed by atoms with van der Waals surface area (Å²) in [5.41, 5.74) is 2.03. The molecule has 1 atom stereocenters. The summed E-state index contributed by atoms with van der Waals surface area (Å²) in [7, 11) is 0. The summed E-state index contributed by atoms with van der Waals surface area (Å²) in [5, 5.41) is 15.4. The molecular weight excluding hydrogens is 479 g/mol. The molecule has 6 nitrogen and oxygen atoms in total. The summed E-state index contributed by atoms with van der Waals surface area (Å²) in [5.74, 6) is -0.886. The van der Waals surface area contributed by atoms with Crippen molar-refractivity contribution >= 4 is 51.5 Å². The number of hydrogen-bond donors (Lipinski definition) is 2. The van der Waals surface area contributed by atoms with E-state index in [-0.39, 0.29) is 17.0 Å². The van der Waals surface area contributed by atoms with Gasteiger partial charge in [0.25, 0.3) is 5.91 Å². The van der Waals surface area contributed by atoms with Gasteiger partial charge in [-0.1, -0.05) is 95.2 Å². The zero-order valence-electron chi connectivity index (χ0n) is 17.2. The summed E-state index contributed by atoms with van der Waals surface area (Å²) in [4.78, 5) is 26.0. The quantitative estimate of drug-likeness (QED) is 0.354. The number of nitrogens with zero attached hydrogens (tertiary/aromatic N) is 2. The molecule has 1 heterocycles. The predicted octanol–water partition coefficient (Wildman–Crippen LogP) is 5.49. The number of benzene rings is 3. The van der Waals surface area contributed by atoms with Crippen LogP contribution in [-0.4, -0.2) is 28.1 Å². The molecule has 2 N–H and O–H groups in total.